The van der Waals surface area contributed by atoms with Crippen LogP contribution in [0.5, 0.6) is 0 Å². The molecule has 2 aromatic heterocycles. The van der Waals surface area contributed by atoms with E-state index in [0.717, 1.165) is 22.0 Å². The van der Waals surface area contributed by atoms with Crippen LogP contribution < -0.4 is 5.43 Å². The number of hydrogen-bond acceptors (Lipinski definition) is 3. The molecule has 0 saturated carbocycles. The zero-order valence-corrected chi connectivity index (χ0v) is 11.5. The molecule has 104 valence electrons. The van der Waals surface area contributed by atoms with Crippen LogP contribution >= 0.6 is 0 Å². The molecule has 0 atom stereocenters. The number of aryl methyl sites for hydroxylation is 1. The van der Waals surface area contributed by atoms with Crippen LogP contribution in [0.3, 0.4) is 0 Å². The maximum Gasteiger partial charge on any atom is 0.287 e. The van der Waals surface area contributed by atoms with Gasteiger partial charge in [-0.15, -0.1) is 0 Å². The number of hydrazone groups is 1. The van der Waals surface area contributed by atoms with E-state index in [1.165, 1.54) is 0 Å². The molecule has 0 aliphatic carbocycles. The third-order valence-corrected chi connectivity index (χ3v) is 3.09. The van der Waals surface area contributed by atoms with Gasteiger partial charge in [0.2, 0.25) is 0 Å². The van der Waals surface area contributed by atoms with Crippen molar-refractivity contribution in [2.24, 2.45) is 5.10 Å². The van der Waals surface area contributed by atoms with Gasteiger partial charge in [-0.3, -0.25) is 9.78 Å². The number of pyridine rings is 1. The number of H-pyrrole nitrogens is 1. The van der Waals surface area contributed by atoms with Crippen LogP contribution in [0.25, 0.3) is 10.9 Å². The highest BCUT2D eigenvalue weighted by molar-refractivity contribution is 5.98. The fourth-order valence-corrected chi connectivity index (χ4v) is 2.05. The van der Waals surface area contributed by atoms with Crippen molar-refractivity contribution in [3.63, 3.8) is 0 Å². The number of aromatic nitrogens is 2. The van der Waals surface area contributed by atoms with Gasteiger partial charge in [0, 0.05) is 28.9 Å². The molecule has 21 heavy (non-hydrogen) atoms. The average molecular weight is 278 g/mol. The van der Waals surface area contributed by atoms with Gasteiger partial charge in [0.1, 0.15) is 5.69 Å². The first-order valence-corrected chi connectivity index (χ1v) is 6.55. The van der Waals surface area contributed by atoms with E-state index in [1.807, 2.05) is 43.3 Å². The molecule has 3 rings (SSSR count). The van der Waals surface area contributed by atoms with Gasteiger partial charge in [-0.25, -0.2) is 5.43 Å². The van der Waals surface area contributed by atoms with Gasteiger partial charge in [0.15, 0.2) is 0 Å². The summed E-state index contributed by atoms with van der Waals surface area (Å²) in [6, 6.07) is 11.5. The number of rotatable bonds is 3. The van der Waals surface area contributed by atoms with Crippen LogP contribution in [0.1, 0.15) is 21.6 Å². The average Bonchev–Trinajstić information content (AvgIpc) is 2.91. The molecule has 0 bridgehead atoms. The van der Waals surface area contributed by atoms with Crippen molar-refractivity contribution >= 4 is 23.0 Å². The number of nitrogens with zero attached hydrogens (tertiary/aromatic N) is 2. The SMILES string of the molecule is Cc1ccc2[nH]c(C(=O)N/N=C\c3cccnc3)cc2c1. The van der Waals surface area contributed by atoms with Crippen LogP contribution in [0.2, 0.25) is 0 Å². The molecule has 0 aliphatic rings. The lowest BCUT2D eigenvalue weighted by molar-refractivity contribution is 0.0951. The molecule has 0 radical (unpaired) electrons. The molecule has 2 heterocycles. The Balaban J connectivity index is 1.73. The van der Waals surface area contributed by atoms with E-state index in [-0.39, 0.29) is 5.91 Å². The van der Waals surface area contributed by atoms with Crippen LogP contribution in [0, 0.1) is 6.92 Å². The quantitative estimate of drug-likeness (QED) is 0.571. The summed E-state index contributed by atoms with van der Waals surface area (Å²) in [6.07, 6.45) is 4.90. The molecule has 0 spiro atoms. The highest BCUT2D eigenvalue weighted by atomic mass is 16.2. The number of carbonyl (C=O) groups is 1. The summed E-state index contributed by atoms with van der Waals surface area (Å²) < 4.78 is 0. The summed E-state index contributed by atoms with van der Waals surface area (Å²) in [4.78, 5) is 19.1. The van der Waals surface area contributed by atoms with Crippen molar-refractivity contribution in [2.45, 2.75) is 6.92 Å². The summed E-state index contributed by atoms with van der Waals surface area (Å²) >= 11 is 0. The molecule has 0 unspecified atom stereocenters. The predicted octanol–water partition coefficient (Wildman–Crippen LogP) is 2.64. The lowest BCUT2D eigenvalue weighted by Gasteiger charge is -1.95. The summed E-state index contributed by atoms with van der Waals surface area (Å²) in [7, 11) is 0. The van der Waals surface area contributed by atoms with E-state index in [0.29, 0.717) is 5.69 Å². The minimum absolute atomic E-state index is 0.274. The van der Waals surface area contributed by atoms with Crippen LogP contribution in [0.15, 0.2) is 53.9 Å². The second-order valence-electron chi connectivity index (χ2n) is 4.76. The van der Waals surface area contributed by atoms with Gasteiger partial charge in [-0.2, -0.15) is 5.10 Å². The summed E-state index contributed by atoms with van der Waals surface area (Å²) in [6.45, 7) is 2.02. The summed E-state index contributed by atoms with van der Waals surface area (Å²) in [5.74, 6) is -0.274. The van der Waals surface area contributed by atoms with E-state index < -0.39 is 0 Å². The molecule has 0 aliphatic heterocycles. The zero-order chi connectivity index (χ0) is 14.7. The van der Waals surface area contributed by atoms with Gasteiger partial charge < -0.3 is 4.98 Å². The molecule has 0 saturated heterocycles. The first-order valence-electron chi connectivity index (χ1n) is 6.55. The van der Waals surface area contributed by atoms with Crippen molar-refractivity contribution in [1.82, 2.24) is 15.4 Å². The Labute approximate surface area is 121 Å². The zero-order valence-electron chi connectivity index (χ0n) is 11.5. The standard InChI is InChI=1S/C16H14N4O/c1-11-4-5-14-13(7-11)8-15(19-14)16(21)20-18-10-12-3-2-6-17-9-12/h2-10,19H,1H3,(H,20,21)/b18-10-. The fourth-order valence-electron chi connectivity index (χ4n) is 2.05. The van der Waals surface area contributed by atoms with E-state index in [2.05, 4.69) is 20.5 Å². The first kappa shape index (κ1) is 13.1. The van der Waals surface area contributed by atoms with Crippen LogP contribution in [0.4, 0.5) is 0 Å². The molecule has 1 aromatic carbocycles. The predicted molar refractivity (Wildman–Crippen MR) is 82.3 cm³/mol. The van der Waals surface area contributed by atoms with Gasteiger partial charge in [-0.05, 0) is 31.2 Å². The Morgan fingerprint density at radius 3 is 3.05 bits per heavy atom. The monoisotopic (exact) mass is 278 g/mol. The molecular weight excluding hydrogens is 264 g/mol. The largest absolute Gasteiger partial charge is 0.350 e. The molecule has 0 fully saturated rings. The normalized spacial score (nSPS) is 11.1. The van der Waals surface area contributed by atoms with Gasteiger partial charge in [-0.1, -0.05) is 17.7 Å². The smallest absolute Gasteiger partial charge is 0.287 e. The van der Waals surface area contributed by atoms with Gasteiger partial charge in [0.25, 0.3) is 5.91 Å². The number of aromatic amines is 1. The molecule has 5 heteroatoms. The maximum atomic E-state index is 12.0. The topological polar surface area (TPSA) is 70.1 Å². The number of hydrogen-bond donors (Lipinski definition) is 2. The number of amides is 1. The van der Waals surface area contributed by atoms with E-state index in [9.17, 15) is 4.79 Å². The highest BCUT2D eigenvalue weighted by Gasteiger charge is 2.08. The van der Waals surface area contributed by atoms with Crippen LogP contribution in [-0.4, -0.2) is 22.1 Å². The van der Waals surface area contributed by atoms with E-state index in [4.69, 9.17) is 0 Å². The Bertz CT molecular complexity index is 806. The highest BCUT2D eigenvalue weighted by Crippen LogP contribution is 2.16. The van der Waals surface area contributed by atoms with Crippen molar-refractivity contribution in [2.75, 3.05) is 0 Å². The number of benzene rings is 1. The molecule has 5 nitrogen and oxygen atoms in total. The lowest BCUT2D eigenvalue weighted by Crippen LogP contribution is -2.17. The Kier molecular flexibility index (Phi) is 3.47. The van der Waals surface area contributed by atoms with Gasteiger partial charge in [0.05, 0.1) is 6.21 Å². The third kappa shape index (κ3) is 2.97. The minimum Gasteiger partial charge on any atom is -0.350 e. The van der Waals surface area contributed by atoms with Crippen molar-refractivity contribution in [1.29, 1.82) is 0 Å². The molecular formula is C16H14N4O. The Morgan fingerprint density at radius 1 is 1.33 bits per heavy atom. The second-order valence-corrected chi connectivity index (χ2v) is 4.76. The third-order valence-electron chi connectivity index (χ3n) is 3.09. The molecule has 1 amide bonds. The number of carbonyl (C=O) groups excluding carboxylic acids is 1. The Morgan fingerprint density at radius 2 is 2.24 bits per heavy atom. The maximum absolute atomic E-state index is 12.0. The number of fused-ring (bicyclic) bond motifs is 1. The first-order chi connectivity index (χ1) is 10.2. The molecule has 3 aromatic rings. The van der Waals surface area contributed by atoms with E-state index >= 15 is 0 Å². The fraction of sp³-hybridized carbons (Fsp3) is 0.0625. The van der Waals surface area contributed by atoms with Crippen molar-refractivity contribution in [3.05, 3.63) is 65.6 Å². The van der Waals surface area contributed by atoms with Crippen LogP contribution in [-0.2, 0) is 0 Å². The van der Waals surface area contributed by atoms with E-state index in [1.54, 1.807) is 18.6 Å². The second kappa shape index (κ2) is 5.58. The molecule has 2 N–H and O–H groups in total. The van der Waals surface area contributed by atoms with Crippen molar-refractivity contribution in [3.8, 4) is 0 Å². The Hall–Kier alpha value is -2.95. The minimum atomic E-state index is -0.274. The summed E-state index contributed by atoms with van der Waals surface area (Å²) in [5, 5.41) is 4.93. The number of nitrogens with one attached hydrogen (secondary N) is 2. The lowest BCUT2D eigenvalue weighted by atomic mass is 10.2. The summed E-state index contributed by atoms with van der Waals surface area (Å²) in [5.41, 5.74) is 5.89. The van der Waals surface area contributed by atoms with Gasteiger partial charge >= 0.3 is 0 Å². The van der Waals surface area contributed by atoms with Crippen molar-refractivity contribution < 1.29 is 4.79 Å².